The van der Waals surface area contributed by atoms with Gasteiger partial charge in [0, 0.05) is 20.2 Å². The lowest BCUT2D eigenvalue weighted by molar-refractivity contribution is -0.122. The number of aromatic nitrogens is 1. The molecule has 0 atom stereocenters. The van der Waals surface area contributed by atoms with Crippen molar-refractivity contribution in [1.82, 2.24) is 9.88 Å². The topological polar surface area (TPSA) is 83.7 Å². The summed E-state index contributed by atoms with van der Waals surface area (Å²) in [6, 6.07) is 16.1. The number of benzene rings is 2. The summed E-state index contributed by atoms with van der Waals surface area (Å²) in [6.07, 6.45) is 1.44. The van der Waals surface area contributed by atoms with Gasteiger partial charge >= 0.3 is 0 Å². The van der Waals surface area contributed by atoms with Crippen molar-refractivity contribution in [3.8, 4) is 0 Å². The van der Waals surface area contributed by atoms with Gasteiger partial charge in [0.2, 0.25) is 26.6 Å². The number of anilines is 1. The van der Waals surface area contributed by atoms with E-state index in [1.165, 1.54) is 28.0 Å². The van der Waals surface area contributed by atoms with E-state index in [-0.39, 0.29) is 27.6 Å². The monoisotopic (exact) mass is 499 g/mol. The number of thioether (sulfide) groups is 1. The van der Waals surface area contributed by atoms with Gasteiger partial charge in [-0.3, -0.25) is 9.69 Å². The molecule has 0 spiro atoms. The Morgan fingerprint density at radius 2 is 1.79 bits per heavy atom. The van der Waals surface area contributed by atoms with Gasteiger partial charge in [0.15, 0.2) is 0 Å². The number of aryl methyl sites for hydroxylation is 1. The first-order chi connectivity index (χ1) is 15.7. The van der Waals surface area contributed by atoms with Gasteiger partial charge in [0.25, 0.3) is 5.91 Å². The molecule has 0 saturated carbocycles. The van der Waals surface area contributed by atoms with Crippen molar-refractivity contribution < 1.29 is 17.6 Å². The van der Waals surface area contributed by atoms with Crippen LogP contribution in [0.25, 0.3) is 6.08 Å². The number of hydrogen-bond donors (Lipinski definition) is 0. The van der Waals surface area contributed by atoms with E-state index >= 15 is 0 Å². The van der Waals surface area contributed by atoms with E-state index in [2.05, 4.69) is 4.98 Å². The number of carbonyl (C=O) groups is 1. The molecule has 10 heteroatoms. The minimum atomic E-state index is -3.92. The molecule has 1 saturated heterocycles. The molecule has 0 aliphatic carbocycles. The van der Waals surface area contributed by atoms with E-state index < -0.39 is 9.84 Å². The standard InChI is InChI=1S/C23H21N3O4S3/c1-15-9-11-17(12-10-15)33(28,29)20-22(25(2)3)30-19(24-20)13-18-21(27)26(23(31)32-18)14-16-7-5-4-6-8-16/h4-13H,14H2,1-3H3. The average Bonchev–Trinajstić information content (AvgIpc) is 3.32. The zero-order valence-corrected chi connectivity index (χ0v) is 20.6. The predicted molar refractivity (Wildman–Crippen MR) is 133 cm³/mol. The van der Waals surface area contributed by atoms with Crippen molar-refractivity contribution in [3.05, 3.63) is 76.5 Å². The molecule has 33 heavy (non-hydrogen) atoms. The van der Waals surface area contributed by atoms with Crippen molar-refractivity contribution >= 4 is 56.0 Å². The van der Waals surface area contributed by atoms with E-state index in [4.69, 9.17) is 16.6 Å². The fourth-order valence-corrected chi connectivity index (χ4v) is 5.78. The molecule has 1 aromatic heterocycles. The molecule has 7 nitrogen and oxygen atoms in total. The number of amides is 1. The van der Waals surface area contributed by atoms with E-state index in [0.717, 1.165) is 22.9 Å². The number of rotatable bonds is 6. The van der Waals surface area contributed by atoms with Crippen LogP contribution in [0, 0.1) is 6.92 Å². The quantitative estimate of drug-likeness (QED) is 0.367. The van der Waals surface area contributed by atoms with E-state index in [0.29, 0.717) is 15.8 Å². The first-order valence-electron chi connectivity index (χ1n) is 9.96. The molecular weight excluding hydrogens is 478 g/mol. The molecule has 0 N–H and O–H groups in total. The smallest absolute Gasteiger partial charge is 0.266 e. The van der Waals surface area contributed by atoms with Gasteiger partial charge in [-0.1, -0.05) is 72.0 Å². The second-order valence-electron chi connectivity index (χ2n) is 7.63. The summed E-state index contributed by atoms with van der Waals surface area (Å²) in [5.74, 6) is -0.174. The Morgan fingerprint density at radius 1 is 1.12 bits per heavy atom. The molecule has 3 aromatic rings. The van der Waals surface area contributed by atoms with E-state index in [1.807, 2.05) is 37.3 Å². The van der Waals surface area contributed by atoms with Crippen LogP contribution in [0.15, 0.2) is 73.8 Å². The van der Waals surface area contributed by atoms with Crippen LogP contribution < -0.4 is 4.90 Å². The maximum absolute atomic E-state index is 13.2. The Bertz CT molecular complexity index is 1350. The fourth-order valence-electron chi connectivity index (χ4n) is 3.18. The molecule has 0 bridgehead atoms. The van der Waals surface area contributed by atoms with Gasteiger partial charge in [-0.15, -0.1) is 0 Å². The van der Waals surface area contributed by atoms with Gasteiger partial charge in [-0.25, -0.2) is 8.42 Å². The predicted octanol–water partition coefficient (Wildman–Crippen LogP) is 4.28. The lowest BCUT2D eigenvalue weighted by atomic mass is 10.2. The number of hydrogen-bond acceptors (Lipinski definition) is 8. The summed E-state index contributed by atoms with van der Waals surface area (Å²) in [6.45, 7) is 2.23. The Morgan fingerprint density at radius 3 is 2.42 bits per heavy atom. The lowest BCUT2D eigenvalue weighted by Crippen LogP contribution is -2.27. The molecule has 0 radical (unpaired) electrons. The summed E-state index contributed by atoms with van der Waals surface area (Å²) in [5.41, 5.74) is 1.90. The van der Waals surface area contributed by atoms with Crippen LogP contribution in [-0.2, 0) is 21.2 Å². The number of carbonyl (C=O) groups excluding carboxylic acids is 1. The van der Waals surface area contributed by atoms with Crippen LogP contribution in [-0.4, -0.2) is 42.6 Å². The van der Waals surface area contributed by atoms with Crippen molar-refractivity contribution in [1.29, 1.82) is 0 Å². The third kappa shape index (κ3) is 4.73. The number of oxazole rings is 1. The molecule has 170 valence electrons. The molecule has 4 rings (SSSR count). The third-order valence-corrected chi connectivity index (χ3v) is 7.95. The highest BCUT2D eigenvalue weighted by atomic mass is 32.2. The highest BCUT2D eigenvalue weighted by Gasteiger charge is 2.34. The van der Waals surface area contributed by atoms with Crippen LogP contribution in [0.4, 0.5) is 5.88 Å². The highest BCUT2D eigenvalue weighted by Crippen LogP contribution is 2.36. The third-order valence-electron chi connectivity index (χ3n) is 4.90. The number of thiocarbonyl (C=S) groups is 1. The summed E-state index contributed by atoms with van der Waals surface area (Å²) >= 11 is 6.52. The zero-order chi connectivity index (χ0) is 23.8. The second-order valence-corrected chi connectivity index (χ2v) is 11.2. The van der Waals surface area contributed by atoms with Crippen molar-refractivity contribution in [2.45, 2.75) is 23.4 Å². The Kier molecular flexibility index (Phi) is 6.42. The maximum atomic E-state index is 13.2. The molecule has 2 heterocycles. The van der Waals surface area contributed by atoms with Crippen molar-refractivity contribution in [3.63, 3.8) is 0 Å². The lowest BCUT2D eigenvalue weighted by Gasteiger charge is -2.14. The first kappa shape index (κ1) is 23.2. The Balaban J connectivity index is 1.67. The van der Waals surface area contributed by atoms with Gasteiger partial charge in [0.05, 0.1) is 16.3 Å². The summed E-state index contributed by atoms with van der Waals surface area (Å²) in [7, 11) is -0.595. The first-order valence-corrected chi connectivity index (χ1v) is 12.7. The maximum Gasteiger partial charge on any atom is 0.266 e. The minimum absolute atomic E-state index is 0.0181. The number of nitrogens with zero attached hydrogens (tertiary/aromatic N) is 3. The van der Waals surface area contributed by atoms with E-state index in [1.54, 1.807) is 26.2 Å². The molecule has 1 aliphatic heterocycles. The molecule has 2 aromatic carbocycles. The van der Waals surface area contributed by atoms with Gasteiger partial charge in [0.1, 0.15) is 4.32 Å². The normalized spacial score (nSPS) is 15.5. The van der Waals surface area contributed by atoms with Crippen LogP contribution in [0.5, 0.6) is 0 Å². The minimum Gasteiger partial charge on any atom is -0.420 e. The highest BCUT2D eigenvalue weighted by molar-refractivity contribution is 8.26. The fraction of sp³-hybridized carbons (Fsp3) is 0.174. The van der Waals surface area contributed by atoms with E-state index in [9.17, 15) is 13.2 Å². The van der Waals surface area contributed by atoms with Gasteiger partial charge in [-0.2, -0.15) is 4.98 Å². The molecule has 0 unspecified atom stereocenters. The summed E-state index contributed by atoms with van der Waals surface area (Å²) in [5, 5.41) is -0.206. The molecular formula is C23H21N3O4S3. The summed E-state index contributed by atoms with van der Waals surface area (Å²) < 4.78 is 32.6. The zero-order valence-electron chi connectivity index (χ0n) is 18.2. The SMILES string of the molecule is Cc1ccc(S(=O)(=O)c2nc(C=C3SC(=S)N(Cc4ccccc4)C3=O)oc2N(C)C)cc1. The molecule has 1 aliphatic rings. The van der Waals surface area contributed by atoms with Crippen LogP contribution in [0.1, 0.15) is 17.0 Å². The number of sulfone groups is 1. The largest absolute Gasteiger partial charge is 0.420 e. The molecule has 1 amide bonds. The average molecular weight is 500 g/mol. The Hall–Kier alpha value is -2.95. The molecule has 1 fully saturated rings. The van der Waals surface area contributed by atoms with Crippen LogP contribution in [0.2, 0.25) is 0 Å². The van der Waals surface area contributed by atoms with Gasteiger partial charge < -0.3 is 9.32 Å². The van der Waals surface area contributed by atoms with Crippen LogP contribution in [0.3, 0.4) is 0 Å². The second kappa shape index (κ2) is 9.12. The van der Waals surface area contributed by atoms with Crippen molar-refractivity contribution in [2.24, 2.45) is 0 Å². The van der Waals surface area contributed by atoms with Crippen LogP contribution >= 0.6 is 24.0 Å². The van der Waals surface area contributed by atoms with Gasteiger partial charge in [-0.05, 0) is 24.6 Å². The van der Waals surface area contributed by atoms with Crippen molar-refractivity contribution in [2.75, 3.05) is 19.0 Å². The Labute approximate surface area is 202 Å². The summed E-state index contributed by atoms with van der Waals surface area (Å²) in [4.78, 5) is 20.7.